The molecular formula is C19H20N2O4. The maximum absolute atomic E-state index is 12.7. The lowest BCUT2D eigenvalue weighted by Crippen LogP contribution is -2.34. The highest BCUT2D eigenvalue weighted by Gasteiger charge is 2.30. The van der Waals surface area contributed by atoms with E-state index in [1.54, 1.807) is 13.2 Å². The number of rotatable bonds is 3. The Morgan fingerprint density at radius 3 is 2.76 bits per heavy atom. The average Bonchev–Trinajstić information content (AvgIpc) is 3.30. The number of ether oxygens (including phenoxy) is 3. The van der Waals surface area contributed by atoms with E-state index in [0.717, 1.165) is 30.7 Å². The number of hydrogen-bond donors (Lipinski definition) is 1. The summed E-state index contributed by atoms with van der Waals surface area (Å²) in [5, 5.41) is 2.96. The van der Waals surface area contributed by atoms with Gasteiger partial charge in [-0.05, 0) is 42.7 Å². The number of urea groups is 1. The van der Waals surface area contributed by atoms with E-state index < -0.39 is 0 Å². The molecule has 2 aliphatic rings. The Morgan fingerprint density at radius 2 is 1.96 bits per heavy atom. The predicted molar refractivity (Wildman–Crippen MR) is 93.3 cm³/mol. The van der Waals surface area contributed by atoms with Crippen LogP contribution in [0.15, 0.2) is 42.5 Å². The molecule has 0 radical (unpaired) electrons. The summed E-state index contributed by atoms with van der Waals surface area (Å²) in [6, 6.07) is 13.3. The Labute approximate surface area is 146 Å². The highest BCUT2D eigenvalue weighted by atomic mass is 16.7. The molecule has 2 aliphatic heterocycles. The van der Waals surface area contributed by atoms with Gasteiger partial charge in [-0.2, -0.15) is 0 Å². The Kier molecular flexibility index (Phi) is 4.09. The fourth-order valence-electron chi connectivity index (χ4n) is 3.35. The second-order valence-electron chi connectivity index (χ2n) is 6.12. The topological polar surface area (TPSA) is 60.0 Å². The van der Waals surface area contributed by atoms with Crippen molar-refractivity contribution in [3.8, 4) is 17.2 Å². The maximum Gasteiger partial charge on any atom is 0.322 e. The summed E-state index contributed by atoms with van der Waals surface area (Å²) < 4.78 is 15.9. The molecule has 1 fully saturated rings. The van der Waals surface area contributed by atoms with Crippen LogP contribution in [0.3, 0.4) is 0 Å². The molecule has 0 aromatic heterocycles. The predicted octanol–water partition coefficient (Wildman–Crippen LogP) is 3.79. The first-order valence-corrected chi connectivity index (χ1v) is 8.36. The van der Waals surface area contributed by atoms with Gasteiger partial charge in [-0.25, -0.2) is 4.79 Å². The molecule has 1 unspecified atom stereocenters. The quantitative estimate of drug-likeness (QED) is 0.923. The second kappa shape index (κ2) is 6.55. The van der Waals surface area contributed by atoms with Gasteiger partial charge in [0.2, 0.25) is 6.79 Å². The molecule has 130 valence electrons. The number of amides is 2. The summed E-state index contributed by atoms with van der Waals surface area (Å²) in [6.45, 7) is 0.964. The van der Waals surface area contributed by atoms with E-state index in [1.807, 2.05) is 41.3 Å². The van der Waals surface area contributed by atoms with Gasteiger partial charge in [0.1, 0.15) is 5.75 Å². The van der Waals surface area contributed by atoms with Gasteiger partial charge in [-0.1, -0.05) is 12.1 Å². The number of fused-ring (bicyclic) bond motifs is 1. The molecule has 2 aromatic carbocycles. The van der Waals surface area contributed by atoms with Crippen LogP contribution in [-0.2, 0) is 0 Å². The van der Waals surface area contributed by atoms with Crippen LogP contribution in [0.2, 0.25) is 0 Å². The van der Waals surface area contributed by atoms with E-state index in [-0.39, 0.29) is 18.9 Å². The van der Waals surface area contributed by atoms with Gasteiger partial charge in [-0.3, -0.25) is 0 Å². The van der Waals surface area contributed by atoms with Crippen molar-refractivity contribution >= 4 is 11.7 Å². The van der Waals surface area contributed by atoms with Crippen LogP contribution in [0.25, 0.3) is 0 Å². The molecule has 0 saturated carbocycles. The first-order chi connectivity index (χ1) is 12.2. The number of benzene rings is 2. The van der Waals surface area contributed by atoms with Crippen LogP contribution in [-0.4, -0.2) is 31.4 Å². The van der Waals surface area contributed by atoms with E-state index in [0.29, 0.717) is 17.2 Å². The third kappa shape index (κ3) is 3.07. The van der Waals surface area contributed by atoms with Crippen LogP contribution in [0.5, 0.6) is 17.2 Å². The normalized spacial score (nSPS) is 18.3. The minimum atomic E-state index is -0.0998. The number of nitrogens with zero attached hydrogens (tertiary/aromatic N) is 1. The number of carbonyl (C=O) groups excluding carboxylic acids is 1. The van der Waals surface area contributed by atoms with Crippen molar-refractivity contribution in [2.75, 3.05) is 25.8 Å². The van der Waals surface area contributed by atoms with Crippen molar-refractivity contribution in [2.45, 2.75) is 18.9 Å². The summed E-state index contributed by atoms with van der Waals surface area (Å²) in [7, 11) is 1.65. The maximum atomic E-state index is 12.7. The van der Waals surface area contributed by atoms with E-state index >= 15 is 0 Å². The third-order valence-electron chi connectivity index (χ3n) is 4.64. The Bertz CT molecular complexity index is 775. The van der Waals surface area contributed by atoms with Crippen molar-refractivity contribution in [3.05, 3.63) is 48.0 Å². The van der Waals surface area contributed by atoms with Crippen molar-refractivity contribution in [1.82, 2.24) is 4.90 Å². The molecule has 4 rings (SSSR count). The molecule has 6 nitrogen and oxygen atoms in total. The van der Waals surface area contributed by atoms with Crippen molar-refractivity contribution in [3.63, 3.8) is 0 Å². The summed E-state index contributed by atoms with van der Waals surface area (Å²) in [5.41, 5.74) is 1.83. The Balaban J connectivity index is 1.48. The summed E-state index contributed by atoms with van der Waals surface area (Å²) >= 11 is 0. The van der Waals surface area contributed by atoms with Crippen molar-refractivity contribution < 1.29 is 19.0 Å². The molecule has 1 N–H and O–H groups in total. The van der Waals surface area contributed by atoms with Gasteiger partial charge in [0.05, 0.1) is 13.2 Å². The van der Waals surface area contributed by atoms with Gasteiger partial charge in [0.15, 0.2) is 11.5 Å². The Hall–Kier alpha value is -2.89. The van der Waals surface area contributed by atoms with Gasteiger partial charge < -0.3 is 24.4 Å². The van der Waals surface area contributed by atoms with Gasteiger partial charge in [-0.15, -0.1) is 0 Å². The zero-order chi connectivity index (χ0) is 17.2. The van der Waals surface area contributed by atoms with Gasteiger partial charge >= 0.3 is 6.03 Å². The van der Waals surface area contributed by atoms with E-state index in [1.165, 1.54) is 0 Å². The number of methoxy groups -OCH3 is 1. The largest absolute Gasteiger partial charge is 0.497 e. The third-order valence-corrected chi connectivity index (χ3v) is 4.64. The summed E-state index contributed by atoms with van der Waals surface area (Å²) in [4.78, 5) is 14.6. The molecule has 1 atom stereocenters. The van der Waals surface area contributed by atoms with Crippen molar-refractivity contribution in [1.29, 1.82) is 0 Å². The van der Waals surface area contributed by atoms with Crippen LogP contribution in [0.4, 0.5) is 10.5 Å². The number of carbonyl (C=O) groups is 1. The number of likely N-dealkylation sites (tertiary alicyclic amines) is 1. The average molecular weight is 340 g/mol. The SMILES string of the molecule is COc1ccc(C2CCCN2C(=O)Nc2ccc3c(c2)OCO3)cc1. The standard InChI is InChI=1S/C19H20N2O4/c1-23-15-7-4-13(5-8-15)16-3-2-10-21(16)19(22)20-14-6-9-17-18(11-14)25-12-24-17/h4-9,11,16H,2-3,10,12H2,1H3,(H,20,22). The highest BCUT2D eigenvalue weighted by molar-refractivity contribution is 5.90. The fourth-order valence-corrected chi connectivity index (χ4v) is 3.35. The number of hydrogen-bond acceptors (Lipinski definition) is 4. The van der Waals surface area contributed by atoms with Crippen LogP contribution >= 0.6 is 0 Å². The molecule has 6 heteroatoms. The monoisotopic (exact) mass is 340 g/mol. The molecule has 2 aromatic rings. The van der Waals surface area contributed by atoms with Crippen LogP contribution < -0.4 is 19.5 Å². The Morgan fingerprint density at radius 1 is 1.16 bits per heavy atom. The van der Waals surface area contributed by atoms with Crippen molar-refractivity contribution in [2.24, 2.45) is 0 Å². The molecular weight excluding hydrogens is 320 g/mol. The number of anilines is 1. The van der Waals surface area contributed by atoms with Gasteiger partial charge in [0.25, 0.3) is 0 Å². The zero-order valence-electron chi connectivity index (χ0n) is 14.0. The molecule has 0 aliphatic carbocycles. The first-order valence-electron chi connectivity index (χ1n) is 8.36. The molecule has 2 heterocycles. The van der Waals surface area contributed by atoms with Crippen LogP contribution in [0.1, 0.15) is 24.4 Å². The molecule has 25 heavy (non-hydrogen) atoms. The minimum Gasteiger partial charge on any atom is -0.497 e. The lowest BCUT2D eigenvalue weighted by Gasteiger charge is -2.25. The fraction of sp³-hybridized carbons (Fsp3) is 0.316. The first kappa shape index (κ1) is 15.6. The molecule has 2 amide bonds. The van der Waals surface area contributed by atoms with E-state index in [2.05, 4.69) is 5.32 Å². The number of nitrogens with one attached hydrogen (secondary N) is 1. The minimum absolute atomic E-state index is 0.0833. The molecule has 0 spiro atoms. The van der Waals surface area contributed by atoms with E-state index in [4.69, 9.17) is 14.2 Å². The summed E-state index contributed by atoms with van der Waals surface area (Å²) in [5.74, 6) is 2.18. The van der Waals surface area contributed by atoms with E-state index in [9.17, 15) is 4.79 Å². The smallest absolute Gasteiger partial charge is 0.322 e. The summed E-state index contributed by atoms with van der Waals surface area (Å²) in [6.07, 6.45) is 1.95. The molecule has 1 saturated heterocycles. The zero-order valence-corrected chi connectivity index (χ0v) is 14.0. The molecule has 0 bridgehead atoms. The van der Waals surface area contributed by atoms with Gasteiger partial charge in [0, 0.05) is 18.3 Å². The lowest BCUT2D eigenvalue weighted by molar-refractivity contribution is 0.174. The van der Waals surface area contributed by atoms with Crippen LogP contribution in [0, 0.1) is 0 Å². The highest BCUT2D eigenvalue weighted by Crippen LogP contribution is 2.36. The second-order valence-corrected chi connectivity index (χ2v) is 6.12. The lowest BCUT2D eigenvalue weighted by atomic mass is 10.0.